The Hall–Kier alpha value is -3.42. The van der Waals surface area contributed by atoms with Crippen LogP contribution in [0.2, 0.25) is 0 Å². The van der Waals surface area contributed by atoms with Gasteiger partial charge in [0.1, 0.15) is 5.75 Å². The first-order valence-corrected chi connectivity index (χ1v) is 13.3. The summed E-state index contributed by atoms with van der Waals surface area (Å²) in [4.78, 5) is 10.7. The molecule has 7 heteroatoms. The maximum absolute atomic E-state index is 5.93. The Balaban J connectivity index is 0.00000186. The van der Waals surface area contributed by atoms with Crippen LogP contribution in [0, 0.1) is 4.77 Å². The third-order valence-corrected chi connectivity index (χ3v) is 6.22. The molecule has 0 radical (unpaired) electrons. The molecule has 0 saturated heterocycles. The van der Waals surface area contributed by atoms with E-state index in [1.165, 1.54) is 11.1 Å². The van der Waals surface area contributed by atoms with Gasteiger partial charge >= 0.3 is 0 Å². The molecule has 0 saturated carbocycles. The number of nitrogens with one attached hydrogen (secondary N) is 3. The minimum absolute atomic E-state index is 0.0144. The number of nitrogens with zero attached hydrogens (tertiary/aromatic N) is 1. The molecule has 0 bridgehead atoms. The fourth-order valence-corrected chi connectivity index (χ4v) is 4.48. The second-order valence-corrected chi connectivity index (χ2v) is 9.90. The average molecular weight is 518 g/mol. The smallest absolute Gasteiger partial charge is 0.228 e. The van der Waals surface area contributed by atoms with E-state index in [9.17, 15) is 0 Å². The van der Waals surface area contributed by atoms with Crippen molar-refractivity contribution in [1.82, 2.24) is 20.3 Å². The number of rotatable bonds is 11. The molecule has 2 aromatic heterocycles. The number of pyridine rings is 1. The Morgan fingerprint density at radius 2 is 1.81 bits per heavy atom. The van der Waals surface area contributed by atoms with Crippen molar-refractivity contribution in [3.05, 3.63) is 88.8 Å². The molecular formula is C30H39N5OS. The fraction of sp³-hybridized carbons (Fsp3) is 0.333. The Labute approximate surface area is 225 Å². The van der Waals surface area contributed by atoms with Gasteiger partial charge in [-0.15, -0.1) is 0 Å². The summed E-state index contributed by atoms with van der Waals surface area (Å²) in [7, 11) is 0. The van der Waals surface area contributed by atoms with Gasteiger partial charge in [-0.1, -0.05) is 44.7 Å². The molecule has 0 aliphatic rings. The lowest BCUT2D eigenvalue weighted by atomic mass is 9.94. The molecule has 4 aromatic rings. The zero-order valence-electron chi connectivity index (χ0n) is 22.4. The molecule has 5 N–H and O–H groups in total. The number of fused-ring (bicyclic) bond motifs is 1. The number of hydrogen-bond acceptors (Lipinski definition) is 5. The first-order chi connectivity index (χ1) is 17.8. The van der Waals surface area contributed by atoms with Crippen molar-refractivity contribution in [2.75, 3.05) is 6.54 Å². The van der Waals surface area contributed by atoms with Crippen LogP contribution >= 0.6 is 12.2 Å². The quantitative estimate of drug-likeness (QED) is 0.124. The highest BCUT2D eigenvalue weighted by Crippen LogP contribution is 2.26. The lowest BCUT2D eigenvalue weighted by Crippen LogP contribution is -2.41. The number of aromatic nitrogens is 3. The summed E-state index contributed by atoms with van der Waals surface area (Å²) in [5.41, 5.74) is 11.7. The number of aromatic amines is 2. The monoisotopic (exact) mass is 517 g/mol. The zero-order valence-corrected chi connectivity index (χ0v) is 23.2. The number of nitrogens with two attached hydrogens (primary N) is 1. The Morgan fingerprint density at radius 1 is 1.05 bits per heavy atom. The number of benzene rings is 2. The van der Waals surface area contributed by atoms with Gasteiger partial charge in [0.25, 0.3) is 0 Å². The minimum Gasteiger partial charge on any atom is -0.438 e. The number of imidazole rings is 1. The Morgan fingerprint density at radius 3 is 2.54 bits per heavy atom. The van der Waals surface area contributed by atoms with E-state index in [4.69, 9.17) is 22.7 Å². The van der Waals surface area contributed by atoms with E-state index in [1.54, 1.807) is 6.20 Å². The fourth-order valence-electron chi connectivity index (χ4n) is 4.27. The summed E-state index contributed by atoms with van der Waals surface area (Å²) in [6.07, 6.45) is 5.85. The van der Waals surface area contributed by atoms with Crippen molar-refractivity contribution in [2.45, 2.75) is 58.9 Å². The molecule has 0 aliphatic heterocycles. The molecular weight excluding hydrogens is 478 g/mol. The highest BCUT2D eigenvalue weighted by molar-refractivity contribution is 7.71. The number of para-hydroxylation sites is 1. The standard InChI is InChI=1S/C28H33N5OS.C2H6/c1-19(29)23-10-7-16-30-26(23)34-22-14-12-20(13-15-22)18-28(2,3)31-17-5-4-8-21-9-6-11-24-25(21)33-27(35)32-24;1-2/h6-7,9-16,31H,1,4-5,8,17-18,29H2,2-3H3,(H2,32,33,35);1-2H3. The second-order valence-electron chi connectivity index (χ2n) is 9.49. The zero-order chi connectivity index (χ0) is 26.8. The molecule has 0 atom stereocenters. The van der Waals surface area contributed by atoms with Crippen LogP contribution in [0.4, 0.5) is 0 Å². The van der Waals surface area contributed by atoms with Gasteiger partial charge in [-0.25, -0.2) is 4.98 Å². The number of ether oxygens (including phenoxy) is 1. The van der Waals surface area contributed by atoms with Crippen molar-refractivity contribution >= 4 is 28.9 Å². The van der Waals surface area contributed by atoms with Gasteiger partial charge in [-0.05, 0) is 99.8 Å². The topological polar surface area (TPSA) is 91.8 Å². The molecule has 0 aliphatic carbocycles. The highest BCUT2D eigenvalue weighted by atomic mass is 32.1. The normalized spacial score (nSPS) is 11.1. The summed E-state index contributed by atoms with van der Waals surface area (Å²) < 4.78 is 6.61. The largest absolute Gasteiger partial charge is 0.438 e. The van der Waals surface area contributed by atoms with Crippen molar-refractivity contribution in [2.24, 2.45) is 5.73 Å². The number of aryl methyl sites for hydroxylation is 1. The van der Waals surface area contributed by atoms with Crippen molar-refractivity contribution in [3.63, 3.8) is 0 Å². The molecule has 37 heavy (non-hydrogen) atoms. The van der Waals surface area contributed by atoms with Gasteiger partial charge in [0.05, 0.1) is 16.6 Å². The van der Waals surface area contributed by atoms with E-state index in [0.717, 1.165) is 49.0 Å². The molecule has 196 valence electrons. The van der Waals surface area contributed by atoms with Gasteiger partial charge in [-0.3, -0.25) is 0 Å². The van der Waals surface area contributed by atoms with E-state index in [1.807, 2.05) is 38.1 Å². The summed E-state index contributed by atoms with van der Waals surface area (Å²) in [6, 6.07) is 18.1. The van der Waals surface area contributed by atoms with Crippen LogP contribution in [-0.4, -0.2) is 27.0 Å². The molecule has 0 unspecified atom stereocenters. The maximum Gasteiger partial charge on any atom is 0.228 e. The van der Waals surface area contributed by atoms with Crippen LogP contribution in [0.15, 0.2) is 67.4 Å². The highest BCUT2D eigenvalue weighted by Gasteiger charge is 2.17. The van der Waals surface area contributed by atoms with E-state index < -0.39 is 0 Å². The summed E-state index contributed by atoms with van der Waals surface area (Å²) in [5, 5.41) is 3.71. The van der Waals surface area contributed by atoms with Gasteiger partial charge in [0.2, 0.25) is 5.88 Å². The number of unbranched alkanes of at least 4 members (excludes halogenated alkanes) is 1. The summed E-state index contributed by atoms with van der Waals surface area (Å²) in [6.45, 7) is 13.2. The van der Waals surface area contributed by atoms with Crippen LogP contribution in [-0.2, 0) is 12.8 Å². The Bertz CT molecular complexity index is 1350. The Kier molecular flexibility index (Phi) is 10.1. The first-order valence-electron chi connectivity index (χ1n) is 12.9. The third kappa shape index (κ3) is 8.03. The average Bonchev–Trinajstić information content (AvgIpc) is 3.27. The molecule has 0 amide bonds. The van der Waals surface area contributed by atoms with Crippen LogP contribution in [0.5, 0.6) is 11.6 Å². The van der Waals surface area contributed by atoms with Crippen LogP contribution < -0.4 is 15.8 Å². The molecule has 4 rings (SSSR count). The van der Waals surface area contributed by atoms with Crippen molar-refractivity contribution in [3.8, 4) is 11.6 Å². The number of hydrogen-bond donors (Lipinski definition) is 4. The van der Waals surface area contributed by atoms with Crippen molar-refractivity contribution < 1.29 is 4.74 Å². The lowest BCUT2D eigenvalue weighted by Gasteiger charge is -2.27. The molecule has 6 nitrogen and oxygen atoms in total. The maximum atomic E-state index is 5.93. The van der Waals surface area contributed by atoms with E-state index in [0.29, 0.717) is 21.9 Å². The SMILES string of the molecule is C=C(N)c1cccnc1Oc1ccc(CC(C)(C)NCCCCc2cccc3[nH]c(=S)[nH]c23)cc1.CC. The van der Waals surface area contributed by atoms with Crippen molar-refractivity contribution in [1.29, 1.82) is 0 Å². The van der Waals surface area contributed by atoms with E-state index >= 15 is 0 Å². The van der Waals surface area contributed by atoms with Crippen LogP contribution in [0.25, 0.3) is 16.7 Å². The van der Waals surface area contributed by atoms with Gasteiger partial charge in [0, 0.05) is 17.4 Å². The molecule has 0 spiro atoms. The van der Waals surface area contributed by atoms with E-state index in [2.05, 4.69) is 71.0 Å². The summed E-state index contributed by atoms with van der Waals surface area (Å²) >= 11 is 5.23. The third-order valence-electron chi connectivity index (χ3n) is 6.01. The van der Waals surface area contributed by atoms with Crippen LogP contribution in [0.3, 0.4) is 0 Å². The first kappa shape index (κ1) is 28.2. The van der Waals surface area contributed by atoms with Gasteiger partial charge in [0.15, 0.2) is 4.77 Å². The lowest BCUT2D eigenvalue weighted by molar-refractivity contribution is 0.381. The predicted octanol–water partition coefficient (Wildman–Crippen LogP) is 7.30. The molecule has 0 fully saturated rings. The molecule has 2 heterocycles. The minimum atomic E-state index is -0.0144. The van der Waals surface area contributed by atoms with Gasteiger partial charge in [-0.2, -0.15) is 0 Å². The summed E-state index contributed by atoms with van der Waals surface area (Å²) in [5.74, 6) is 1.18. The van der Waals surface area contributed by atoms with Gasteiger partial charge < -0.3 is 25.8 Å². The number of H-pyrrole nitrogens is 2. The van der Waals surface area contributed by atoms with Crippen LogP contribution in [0.1, 0.15) is 57.2 Å². The predicted molar refractivity (Wildman–Crippen MR) is 158 cm³/mol. The van der Waals surface area contributed by atoms with E-state index in [-0.39, 0.29) is 5.54 Å². The molecule has 2 aromatic carbocycles. The second kappa shape index (κ2) is 13.2.